The van der Waals surface area contributed by atoms with Crippen molar-refractivity contribution in [2.45, 2.75) is 6.92 Å². The Morgan fingerprint density at radius 2 is 2.11 bits per heavy atom. The van der Waals surface area contributed by atoms with Gasteiger partial charge in [0.05, 0.1) is 10.6 Å². The number of nitrogens with one attached hydrogen (secondary N) is 1. The molecule has 1 heterocycles. The maximum atomic E-state index is 12.0. The van der Waals surface area contributed by atoms with Crippen molar-refractivity contribution >= 4 is 17.3 Å². The van der Waals surface area contributed by atoms with E-state index in [1.165, 1.54) is 16.8 Å². The summed E-state index contributed by atoms with van der Waals surface area (Å²) in [5.41, 5.74) is 1.07. The Labute approximate surface area is 109 Å². The van der Waals surface area contributed by atoms with Gasteiger partial charge in [-0.1, -0.05) is 12.1 Å². The number of aryl methyl sites for hydroxylation is 2. The third-order valence-corrected chi connectivity index (χ3v) is 2.58. The smallest absolute Gasteiger partial charge is 0.292 e. The van der Waals surface area contributed by atoms with Gasteiger partial charge in [-0.2, -0.15) is 5.10 Å². The van der Waals surface area contributed by atoms with E-state index < -0.39 is 10.8 Å². The molecule has 0 unspecified atom stereocenters. The number of nitro benzene ring substituents is 1. The number of nitrogens with zero attached hydrogens (tertiary/aromatic N) is 3. The minimum absolute atomic E-state index is 0.144. The number of anilines is 1. The molecule has 7 heteroatoms. The molecule has 0 saturated heterocycles. The molecule has 0 saturated carbocycles. The van der Waals surface area contributed by atoms with Crippen molar-refractivity contribution in [3.63, 3.8) is 0 Å². The summed E-state index contributed by atoms with van der Waals surface area (Å²) in [7, 11) is 1.64. The van der Waals surface area contributed by atoms with Gasteiger partial charge in [-0.25, -0.2) is 0 Å². The molecule has 1 N–H and O–H groups in total. The summed E-state index contributed by atoms with van der Waals surface area (Å²) in [6.45, 7) is 1.77. The highest BCUT2D eigenvalue weighted by Crippen LogP contribution is 2.23. The third kappa shape index (κ3) is 2.59. The Morgan fingerprint density at radius 3 is 2.68 bits per heavy atom. The number of benzene rings is 1. The van der Waals surface area contributed by atoms with Crippen LogP contribution in [0, 0.1) is 17.0 Å². The van der Waals surface area contributed by atoms with Crippen molar-refractivity contribution in [3.05, 3.63) is 51.8 Å². The Morgan fingerprint density at radius 1 is 1.42 bits per heavy atom. The maximum absolute atomic E-state index is 12.0. The van der Waals surface area contributed by atoms with Gasteiger partial charge in [0, 0.05) is 13.1 Å². The van der Waals surface area contributed by atoms with Crippen molar-refractivity contribution < 1.29 is 9.72 Å². The third-order valence-electron chi connectivity index (χ3n) is 2.58. The van der Waals surface area contributed by atoms with Gasteiger partial charge >= 0.3 is 0 Å². The number of carbonyl (C=O) groups is 1. The van der Waals surface area contributed by atoms with Crippen LogP contribution in [0.5, 0.6) is 0 Å². The molecule has 0 aliphatic carbocycles. The Hall–Kier alpha value is -2.70. The largest absolute Gasteiger partial charge is 0.315 e. The minimum atomic E-state index is -0.538. The van der Waals surface area contributed by atoms with E-state index >= 15 is 0 Å². The fraction of sp³-hybridized carbons (Fsp3) is 0.167. The van der Waals surface area contributed by atoms with Crippen LogP contribution in [-0.2, 0) is 7.05 Å². The number of nitro groups is 1. The average molecular weight is 260 g/mol. The normalized spacial score (nSPS) is 10.2. The maximum Gasteiger partial charge on any atom is 0.292 e. The fourth-order valence-electron chi connectivity index (χ4n) is 1.75. The number of hydrogen-bond donors (Lipinski definition) is 1. The van der Waals surface area contributed by atoms with Crippen LogP contribution in [0.4, 0.5) is 11.4 Å². The number of amides is 1. The highest BCUT2D eigenvalue weighted by atomic mass is 16.6. The summed E-state index contributed by atoms with van der Waals surface area (Å²) in [5.74, 6) is -0.433. The molecule has 1 aromatic heterocycles. The molecule has 0 atom stereocenters. The first kappa shape index (κ1) is 12.7. The molecule has 1 amide bonds. The molecule has 7 nitrogen and oxygen atoms in total. The zero-order valence-electron chi connectivity index (χ0n) is 10.5. The fourth-order valence-corrected chi connectivity index (χ4v) is 1.75. The zero-order chi connectivity index (χ0) is 14.0. The molecule has 98 valence electrons. The molecule has 1 aromatic carbocycles. The van der Waals surface area contributed by atoms with Crippen LogP contribution in [0.2, 0.25) is 0 Å². The Kier molecular flexibility index (Phi) is 3.28. The molecule has 0 aliphatic rings. The van der Waals surface area contributed by atoms with Crippen molar-refractivity contribution in [2.75, 3.05) is 5.32 Å². The van der Waals surface area contributed by atoms with E-state index in [-0.39, 0.29) is 11.4 Å². The second-order valence-corrected chi connectivity index (χ2v) is 4.02. The number of carbonyl (C=O) groups excluding carboxylic acids is 1. The van der Waals surface area contributed by atoms with Gasteiger partial charge in [-0.3, -0.25) is 19.6 Å². The molecular formula is C12H12N4O3. The summed E-state index contributed by atoms with van der Waals surface area (Å²) in [6.07, 6.45) is 0. The van der Waals surface area contributed by atoms with Crippen molar-refractivity contribution in [3.8, 4) is 0 Å². The van der Waals surface area contributed by atoms with E-state index in [1.54, 1.807) is 32.2 Å². The lowest BCUT2D eigenvalue weighted by molar-refractivity contribution is -0.383. The highest BCUT2D eigenvalue weighted by Gasteiger charge is 2.17. The molecule has 0 aliphatic heterocycles. The molecule has 2 aromatic rings. The summed E-state index contributed by atoms with van der Waals surface area (Å²) >= 11 is 0. The molecular weight excluding hydrogens is 248 g/mol. The van der Waals surface area contributed by atoms with Gasteiger partial charge in [0.25, 0.3) is 11.6 Å². The van der Waals surface area contributed by atoms with Crippen LogP contribution >= 0.6 is 0 Å². The van der Waals surface area contributed by atoms with Crippen LogP contribution in [0.1, 0.15) is 16.2 Å². The Bertz CT molecular complexity index is 648. The standard InChI is InChI=1S/C12H12N4O3/c1-8-7-11(15(2)14-8)12(17)13-9-5-3-4-6-10(9)16(18)19/h3-7H,1-2H3,(H,13,17). The molecule has 19 heavy (non-hydrogen) atoms. The second kappa shape index (κ2) is 4.89. The Balaban J connectivity index is 2.29. The predicted molar refractivity (Wildman–Crippen MR) is 69.0 cm³/mol. The number of aromatic nitrogens is 2. The average Bonchev–Trinajstić information content (AvgIpc) is 2.69. The first-order chi connectivity index (χ1) is 8.99. The molecule has 0 fully saturated rings. The highest BCUT2D eigenvalue weighted by molar-refractivity contribution is 6.04. The number of rotatable bonds is 3. The number of para-hydroxylation sites is 2. The summed E-state index contributed by atoms with van der Waals surface area (Å²) in [5, 5.41) is 17.4. The van der Waals surface area contributed by atoms with Gasteiger partial charge in [0.1, 0.15) is 11.4 Å². The van der Waals surface area contributed by atoms with E-state index in [2.05, 4.69) is 10.4 Å². The summed E-state index contributed by atoms with van der Waals surface area (Å²) < 4.78 is 1.43. The van der Waals surface area contributed by atoms with Crippen LogP contribution in [0.15, 0.2) is 30.3 Å². The van der Waals surface area contributed by atoms with Gasteiger partial charge in [0.2, 0.25) is 0 Å². The van der Waals surface area contributed by atoms with Gasteiger partial charge in [-0.05, 0) is 19.1 Å². The van der Waals surface area contributed by atoms with Crippen molar-refractivity contribution in [1.82, 2.24) is 9.78 Å². The lowest BCUT2D eigenvalue weighted by atomic mass is 10.2. The molecule has 2 rings (SSSR count). The van der Waals surface area contributed by atoms with Crippen LogP contribution in [0.25, 0.3) is 0 Å². The van der Waals surface area contributed by atoms with Gasteiger partial charge < -0.3 is 5.32 Å². The molecule has 0 radical (unpaired) electrons. The van der Waals surface area contributed by atoms with Crippen molar-refractivity contribution in [1.29, 1.82) is 0 Å². The van der Waals surface area contributed by atoms with Crippen molar-refractivity contribution in [2.24, 2.45) is 7.05 Å². The topological polar surface area (TPSA) is 90.1 Å². The van der Waals surface area contributed by atoms with E-state index in [4.69, 9.17) is 0 Å². The van der Waals surface area contributed by atoms with E-state index in [9.17, 15) is 14.9 Å². The number of hydrogen-bond acceptors (Lipinski definition) is 4. The van der Waals surface area contributed by atoms with Gasteiger partial charge in [0.15, 0.2) is 0 Å². The lowest BCUT2D eigenvalue weighted by Gasteiger charge is -2.05. The van der Waals surface area contributed by atoms with E-state index in [0.717, 1.165) is 0 Å². The van der Waals surface area contributed by atoms with Crippen LogP contribution in [-0.4, -0.2) is 20.6 Å². The quantitative estimate of drug-likeness (QED) is 0.674. The predicted octanol–water partition coefficient (Wildman–Crippen LogP) is 1.89. The van der Waals surface area contributed by atoms with Crippen LogP contribution in [0.3, 0.4) is 0 Å². The second-order valence-electron chi connectivity index (χ2n) is 4.02. The zero-order valence-corrected chi connectivity index (χ0v) is 10.5. The first-order valence-corrected chi connectivity index (χ1v) is 5.54. The SMILES string of the molecule is Cc1cc(C(=O)Nc2ccccc2[N+](=O)[O-])n(C)n1. The minimum Gasteiger partial charge on any atom is -0.315 e. The molecule has 0 spiro atoms. The summed E-state index contributed by atoms with van der Waals surface area (Å²) in [4.78, 5) is 22.3. The summed E-state index contributed by atoms with van der Waals surface area (Å²) in [6, 6.07) is 7.60. The van der Waals surface area contributed by atoms with E-state index in [0.29, 0.717) is 11.4 Å². The lowest BCUT2D eigenvalue weighted by Crippen LogP contribution is -2.16. The molecule has 0 bridgehead atoms. The first-order valence-electron chi connectivity index (χ1n) is 5.54. The van der Waals surface area contributed by atoms with Gasteiger partial charge in [-0.15, -0.1) is 0 Å². The van der Waals surface area contributed by atoms with Crippen LogP contribution < -0.4 is 5.32 Å². The van der Waals surface area contributed by atoms with E-state index in [1.807, 2.05) is 0 Å². The monoisotopic (exact) mass is 260 g/mol.